The second-order valence-corrected chi connectivity index (χ2v) is 7.49. The van der Waals surface area contributed by atoms with Gasteiger partial charge in [-0.15, -0.1) is 0 Å². The molecule has 27 heavy (non-hydrogen) atoms. The number of hydrogen-bond donors (Lipinski definition) is 3. The molecule has 3 N–H and O–H groups in total. The predicted octanol–water partition coefficient (Wildman–Crippen LogP) is 3.54. The van der Waals surface area contributed by atoms with Crippen LogP contribution in [0, 0.1) is 13.8 Å². The van der Waals surface area contributed by atoms with Crippen LogP contribution in [0.3, 0.4) is 0 Å². The summed E-state index contributed by atoms with van der Waals surface area (Å²) in [5, 5.41) is 9.98. The number of aryl methyl sites for hydroxylation is 2. The fraction of sp³-hybridized carbons (Fsp3) is 0.250. The first-order chi connectivity index (χ1) is 12.9. The number of rotatable bonds is 5. The van der Waals surface area contributed by atoms with E-state index in [2.05, 4.69) is 37.1 Å². The Labute approximate surface area is 166 Å². The lowest BCUT2D eigenvalue weighted by atomic mass is 10.1. The Bertz CT molecular complexity index is 887. The van der Waals surface area contributed by atoms with Gasteiger partial charge in [-0.25, -0.2) is 5.43 Å². The van der Waals surface area contributed by atoms with Crippen LogP contribution in [0.25, 0.3) is 0 Å². The molecule has 1 aliphatic rings. The van der Waals surface area contributed by atoms with E-state index in [0.717, 1.165) is 45.4 Å². The highest BCUT2D eigenvalue weighted by Gasteiger charge is 2.26. The SMILES string of the molecule is Cc1cccc(C)c1Nc1ccc(Br)cc1/C=N\NC(=O)C(=O)NC1CC1. The molecule has 1 fully saturated rings. The Morgan fingerprint density at radius 3 is 2.48 bits per heavy atom. The van der Waals surface area contributed by atoms with E-state index in [1.54, 1.807) is 0 Å². The summed E-state index contributed by atoms with van der Waals surface area (Å²) in [4.78, 5) is 23.4. The minimum Gasteiger partial charge on any atom is -0.355 e. The summed E-state index contributed by atoms with van der Waals surface area (Å²) in [6, 6.07) is 12.0. The standard InChI is InChI=1S/C20H21BrN4O2/c1-12-4-3-5-13(2)18(12)24-17-9-6-15(21)10-14(17)11-22-25-20(27)19(26)23-16-7-8-16/h3-6,9-11,16,24H,7-8H2,1-2H3,(H,23,26)(H,25,27)/b22-11-. The maximum atomic E-state index is 11.8. The minimum absolute atomic E-state index is 0.130. The Kier molecular flexibility index (Phi) is 5.91. The fourth-order valence-electron chi connectivity index (χ4n) is 2.59. The maximum Gasteiger partial charge on any atom is 0.329 e. The van der Waals surface area contributed by atoms with Crippen LogP contribution in [-0.2, 0) is 9.59 Å². The molecule has 1 aliphatic carbocycles. The second-order valence-electron chi connectivity index (χ2n) is 6.57. The molecule has 2 aromatic carbocycles. The number of anilines is 2. The molecular formula is C20H21BrN4O2. The van der Waals surface area contributed by atoms with Crippen molar-refractivity contribution in [1.29, 1.82) is 0 Å². The molecule has 0 aliphatic heterocycles. The molecule has 6 nitrogen and oxygen atoms in total. The van der Waals surface area contributed by atoms with Crippen molar-refractivity contribution < 1.29 is 9.59 Å². The van der Waals surface area contributed by atoms with Gasteiger partial charge in [0.2, 0.25) is 0 Å². The van der Waals surface area contributed by atoms with E-state index in [-0.39, 0.29) is 6.04 Å². The molecule has 140 valence electrons. The van der Waals surface area contributed by atoms with Crippen LogP contribution in [0.5, 0.6) is 0 Å². The quantitative estimate of drug-likeness (QED) is 0.386. The number of hydrogen-bond acceptors (Lipinski definition) is 4. The summed E-state index contributed by atoms with van der Waals surface area (Å²) >= 11 is 3.45. The smallest absolute Gasteiger partial charge is 0.329 e. The molecule has 7 heteroatoms. The fourth-order valence-corrected chi connectivity index (χ4v) is 2.97. The van der Waals surface area contributed by atoms with E-state index in [1.807, 2.05) is 50.2 Å². The van der Waals surface area contributed by atoms with Crippen molar-refractivity contribution in [2.24, 2.45) is 5.10 Å². The van der Waals surface area contributed by atoms with E-state index < -0.39 is 11.8 Å². The molecule has 0 spiro atoms. The highest BCUT2D eigenvalue weighted by Crippen LogP contribution is 2.27. The lowest BCUT2D eigenvalue weighted by Gasteiger charge is -2.14. The van der Waals surface area contributed by atoms with Gasteiger partial charge in [0.15, 0.2) is 0 Å². The zero-order valence-corrected chi connectivity index (χ0v) is 16.8. The van der Waals surface area contributed by atoms with Gasteiger partial charge in [0, 0.05) is 27.5 Å². The maximum absolute atomic E-state index is 11.8. The number of carbonyl (C=O) groups excluding carboxylic acids is 2. The van der Waals surface area contributed by atoms with Gasteiger partial charge in [0.05, 0.1) is 6.21 Å². The number of nitrogens with zero attached hydrogens (tertiary/aromatic N) is 1. The highest BCUT2D eigenvalue weighted by atomic mass is 79.9. The van der Waals surface area contributed by atoms with Gasteiger partial charge in [-0.3, -0.25) is 9.59 Å². The number of nitrogens with one attached hydrogen (secondary N) is 3. The summed E-state index contributed by atoms with van der Waals surface area (Å²) in [7, 11) is 0. The first-order valence-corrected chi connectivity index (χ1v) is 9.50. The van der Waals surface area contributed by atoms with Crippen LogP contribution in [0.2, 0.25) is 0 Å². The van der Waals surface area contributed by atoms with Crippen molar-refractivity contribution in [1.82, 2.24) is 10.7 Å². The zero-order valence-electron chi connectivity index (χ0n) is 15.2. The normalized spacial score (nSPS) is 13.4. The molecular weight excluding hydrogens is 408 g/mol. The van der Waals surface area contributed by atoms with Gasteiger partial charge in [-0.2, -0.15) is 5.10 Å². The predicted molar refractivity (Wildman–Crippen MR) is 110 cm³/mol. The van der Waals surface area contributed by atoms with Crippen molar-refractivity contribution >= 4 is 45.3 Å². The topological polar surface area (TPSA) is 82.6 Å². The molecule has 2 amide bonds. The third-order valence-corrected chi connectivity index (χ3v) is 4.74. The van der Waals surface area contributed by atoms with Crippen LogP contribution in [0.15, 0.2) is 46.0 Å². The van der Waals surface area contributed by atoms with Crippen molar-refractivity contribution in [2.45, 2.75) is 32.7 Å². The monoisotopic (exact) mass is 428 g/mol. The summed E-state index contributed by atoms with van der Waals surface area (Å²) in [5.74, 6) is -1.42. The first kappa shape index (κ1) is 19.1. The summed E-state index contributed by atoms with van der Waals surface area (Å²) in [5.41, 5.74) is 7.18. The third kappa shape index (κ3) is 5.17. The number of amides is 2. The number of para-hydroxylation sites is 1. The van der Waals surface area contributed by atoms with E-state index in [9.17, 15) is 9.59 Å². The van der Waals surface area contributed by atoms with Gasteiger partial charge in [-0.1, -0.05) is 34.1 Å². The Balaban J connectivity index is 1.73. The van der Waals surface area contributed by atoms with Crippen LogP contribution in [0.1, 0.15) is 29.5 Å². The molecule has 0 unspecified atom stereocenters. The Morgan fingerprint density at radius 1 is 1.11 bits per heavy atom. The van der Waals surface area contributed by atoms with Crippen molar-refractivity contribution in [2.75, 3.05) is 5.32 Å². The number of benzene rings is 2. The molecule has 0 radical (unpaired) electrons. The van der Waals surface area contributed by atoms with Gasteiger partial charge in [-0.05, 0) is 56.0 Å². The minimum atomic E-state index is -0.766. The molecule has 2 aromatic rings. The van der Waals surface area contributed by atoms with Gasteiger partial charge < -0.3 is 10.6 Å². The molecule has 0 bridgehead atoms. The zero-order chi connectivity index (χ0) is 19.4. The molecule has 0 atom stereocenters. The van der Waals surface area contributed by atoms with Crippen molar-refractivity contribution in [3.8, 4) is 0 Å². The first-order valence-electron chi connectivity index (χ1n) is 8.70. The average Bonchev–Trinajstić information content (AvgIpc) is 3.43. The van der Waals surface area contributed by atoms with E-state index in [0.29, 0.717) is 0 Å². The van der Waals surface area contributed by atoms with Crippen LogP contribution < -0.4 is 16.1 Å². The van der Waals surface area contributed by atoms with Crippen LogP contribution >= 0.6 is 15.9 Å². The summed E-state index contributed by atoms with van der Waals surface area (Å²) in [6.45, 7) is 4.08. The lowest BCUT2D eigenvalue weighted by molar-refractivity contribution is -0.139. The van der Waals surface area contributed by atoms with E-state index >= 15 is 0 Å². The van der Waals surface area contributed by atoms with Crippen molar-refractivity contribution in [3.63, 3.8) is 0 Å². The van der Waals surface area contributed by atoms with E-state index in [4.69, 9.17) is 0 Å². The highest BCUT2D eigenvalue weighted by molar-refractivity contribution is 9.10. The van der Waals surface area contributed by atoms with Gasteiger partial charge >= 0.3 is 11.8 Å². The summed E-state index contributed by atoms with van der Waals surface area (Å²) in [6.07, 6.45) is 3.37. The Hall–Kier alpha value is -2.67. The lowest BCUT2D eigenvalue weighted by Crippen LogP contribution is -2.38. The number of hydrazone groups is 1. The second kappa shape index (κ2) is 8.35. The largest absolute Gasteiger partial charge is 0.355 e. The van der Waals surface area contributed by atoms with Crippen LogP contribution in [-0.4, -0.2) is 24.1 Å². The molecule has 3 rings (SSSR count). The molecule has 0 heterocycles. The molecule has 0 aromatic heterocycles. The average molecular weight is 429 g/mol. The Morgan fingerprint density at radius 2 is 1.81 bits per heavy atom. The third-order valence-electron chi connectivity index (χ3n) is 4.24. The van der Waals surface area contributed by atoms with Gasteiger partial charge in [0.25, 0.3) is 0 Å². The summed E-state index contributed by atoms with van der Waals surface area (Å²) < 4.78 is 0.883. The van der Waals surface area contributed by atoms with E-state index in [1.165, 1.54) is 6.21 Å². The van der Waals surface area contributed by atoms with Crippen LogP contribution in [0.4, 0.5) is 11.4 Å². The molecule has 1 saturated carbocycles. The van der Waals surface area contributed by atoms with Crippen molar-refractivity contribution in [3.05, 3.63) is 57.6 Å². The number of halogens is 1. The van der Waals surface area contributed by atoms with Gasteiger partial charge in [0.1, 0.15) is 0 Å². The molecule has 0 saturated heterocycles. The number of carbonyl (C=O) groups is 2.